The molecule has 0 aliphatic heterocycles. The Morgan fingerprint density at radius 2 is 2.06 bits per heavy atom. The number of para-hydroxylation sites is 1. The van der Waals surface area contributed by atoms with E-state index in [-0.39, 0.29) is 6.54 Å². The lowest BCUT2D eigenvalue weighted by atomic mass is 9.91. The summed E-state index contributed by atoms with van der Waals surface area (Å²) in [6.45, 7) is 2.02. The predicted octanol–water partition coefficient (Wildman–Crippen LogP) is 2.70. The van der Waals surface area contributed by atoms with E-state index in [1.54, 1.807) is 7.11 Å². The zero-order chi connectivity index (χ0) is 12.0. The summed E-state index contributed by atoms with van der Waals surface area (Å²) >= 11 is 0. The number of nitrogens with two attached hydrogens (primary N) is 1. The largest absolute Gasteiger partial charge is 0.496 e. The zero-order valence-electron chi connectivity index (χ0n) is 10.0. The molecule has 0 fully saturated rings. The number of hydrogen-bond donors (Lipinski definition) is 1. The van der Waals surface area contributed by atoms with Crippen LogP contribution in [0.1, 0.15) is 25.3 Å². The molecule has 0 bridgehead atoms. The van der Waals surface area contributed by atoms with Gasteiger partial charge in [-0.05, 0) is 18.1 Å². The molecule has 3 heteroatoms. The summed E-state index contributed by atoms with van der Waals surface area (Å²) in [7, 11) is 1.60. The molecule has 0 heterocycles. The van der Waals surface area contributed by atoms with Crippen molar-refractivity contribution in [3.63, 3.8) is 0 Å². The van der Waals surface area contributed by atoms with Crippen LogP contribution in [0.15, 0.2) is 24.3 Å². The summed E-state index contributed by atoms with van der Waals surface area (Å²) in [5.41, 5.74) is 5.08. The lowest BCUT2D eigenvalue weighted by molar-refractivity contribution is 0.157. The van der Waals surface area contributed by atoms with Gasteiger partial charge in [-0.15, -0.1) is 0 Å². The minimum absolute atomic E-state index is 0.0545. The van der Waals surface area contributed by atoms with E-state index < -0.39 is 5.67 Å². The summed E-state index contributed by atoms with van der Waals surface area (Å²) < 4.78 is 19.5. The fourth-order valence-corrected chi connectivity index (χ4v) is 1.90. The molecule has 16 heavy (non-hydrogen) atoms. The van der Waals surface area contributed by atoms with Gasteiger partial charge in [-0.2, -0.15) is 0 Å². The van der Waals surface area contributed by atoms with Gasteiger partial charge in [0.05, 0.1) is 7.11 Å². The average molecular weight is 225 g/mol. The van der Waals surface area contributed by atoms with E-state index in [2.05, 4.69) is 0 Å². The minimum atomic E-state index is -1.32. The van der Waals surface area contributed by atoms with Crippen molar-refractivity contribution < 1.29 is 9.13 Å². The van der Waals surface area contributed by atoms with Crippen molar-refractivity contribution in [2.24, 2.45) is 5.73 Å². The maximum atomic E-state index is 14.3. The molecule has 1 rings (SSSR count). The fourth-order valence-electron chi connectivity index (χ4n) is 1.90. The highest BCUT2D eigenvalue weighted by Crippen LogP contribution is 2.27. The van der Waals surface area contributed by atoms with Crippen molar-refractivity contribution in [1.82, 2.24) is 0 Å². The molecule has 1 unspecified atom stereocenters. The lowest BCUT2D eigenvalue weighted by Crippen LogP contribution is -2.35. The van der Waals surface area contributed by atoms with E-state index in [9.17, 15) is 4.39 Å². The van der Waals surface area contributed by atoms with Crippen LogP contribution in [-0.4, -0.2) is 19.3 Å². The van der Waals surface area contributed by atoms with Gasteiger partial charge in [0, 0.05) is 13.0 Å². The third-order valence-corrected chi connectivity index (χ3v) is 2.76. The highest BCUT2D eigenvalue weighted by atomic mass is 19.1. The van der Waals surface area contributed by atoms with Crippen molar-refractivity contribution in [2.75, 3.05) is 13.7 Å². The van der Waals surface area contributed by atoms with Crippen LogP contribution >= 0.6 is 0 Å². The molecule has 0 amide bonds. The molecule has 2 N–H and O–H groups in total. The second-order valence-corrected chi connectivity index (χ2v) is 4.09. The third-order valence-electron chi connectivity index (χ3n) is 2.76. The molecule has 2 nitrogen and oxygen atoms in total. The molecule has 1 aromatic carbocycles. The summed E-state index contributed by atoms with van der Waals surface area (Å²) in [5.74, 6) is 0.731. The number of halogens is 1. The molecule has 1 atom stereocenters. The fraction of sp³-hybridized carbons (Fsp3) is 0.538. The zero-order valence-corrected chi connectivity index (χ0v) is 10.0. The van der Waals surface area contributed by atoms with E-state index in [1.165, 1.54) is 0 Å². The van der Waals surface area contributed by atoms with Crippen molar-refractivity contribution in [3.8, 4) is 5.75 Å². The molecule has 0 aliphatic carbocycles. The maximum absolute atomic E-state index is 14.3. The SMILES string of the molecule is CCCC(F)(CN)Cc1ccccc1OC. The van der Waals surface area contributed by atoms with Gasteiger partial charge in [-0.25, -0.2) is 4.39 Å². The Balaban J connectivity index is 2.85. The van der Waals surface area contributed by atoms with E-state index in [4.69, 9.17) is 10.5 Å². The van der Waals surface area contributed by atoms with Crippen LogP contribution in [0, 0.1) is 0 Å². The summed E-state index contributed by atoms with van der Waals surface area (Å²) in [6.07, 6.45) is 1.60. The monoisotopic (exact) mass is 225 g/mol. The normalized spacial score (nSPS) is 14.5. The van der Waals surface area contributed by atoms with Crippen LogP contribution in [0.5, 0.6) is 5.75 Å². The van der Waals surface area contributed by atoms with Gasteiger partial charge in [0.15, 0.2) is 0 Å². The van der Waals surface area contributed by atoms with E-state index in [0.717, 1.165) is 17.7 Å². The lowest BCUT2D eigenvalue weighted by Gasteiger charge is -2.24. The first-order valence-electron chi connectivity index (χ1n) is 5.66. The second-order valence-electron chi connectivity index (χ2n) is 4.09. The predicted molar refractivity (Wildman–Crippen MR) is 64.5 cm³/mol. The van der Waals surface area contributed by atoms with Gasteiger partial charge in [0.2, 0.25) is 0 Å². The average Bonchev–Trinajstić information content (AvgIpc) is 2.30. The van der Waals surface area contributed by atoms with Gasteiger partial charge in [-0.3, -0.25) is 0 Å². The van der Waals surface area contributed by atoms with Crippen LogP contribution in [0.4, 0.5) is 4.39 Å². The number of rotatable bonds is 6. The first-order valence-corrected chi connectivity index (χ1v) is 5.66. The Morgan fingerprint density at radius 3 is 2.62 bits per heavy atom. The van der Waals surface area contributed by atoms with Gasteiger partial charge in [-0.1, -0.05) is 31.5 Å². The number of alkyl halides is 1. The molecule has 0 saturated heterocycles. The summed E-state index contributed by atoms with van der Waals surface area (Å²) in [5, 5.41) is 0. The Labute approximate surface area is 96.6 Å². The molecular weight excluding hydrogens is 205 g/mol. The number of ether oxygens (including phenoxy) is 1. The van der Waals surface area contributed by atoms with Crippen molar-refractivity contribution in [1.29, 1.82) is 0 Å². The van der Waals surface area contributed by atoms with Gasteiger partial charge < -0.3 is 10.5 Å². The smallest absolute Gasteiger partial charge is 0.127 e. The number of benzene rings is 1. The Hall–Kier alpha value is -1.09. The molecule has 0 spiro atoms. The van der Waals surface area contributed by atoms with E-state index in [1.807, 2.05) is 31.2 Å². The Kier molecular flexibility index (Phi) is 4.74. The first kappa shape index (κ1) is 13.0. The quantitative estimate of drug-likeness (QED) is 0.808. The summed E-state index contributed by atoms with van der Waals surface area (Å²) in [6, 6.07) is 7.50. The minimum Gasteiger partial charge on any atom is -0.496 e. The first-order chi connectivity index (χ1) is 7.65. The third kappa shape index (κ3) is 3.20. The highest BCUT2D eigenvalue weighted by Gasteiger charge is 2.28. The van der Waals surface area contributed by atoms with E-state index >= 15 is 0 Å². The standard InChI is InChI=1S/C13H20FNO/c1-3-8-13(14,10-15)9-11-6-4-5-7-12(11)16-2/h4-7H,3,8-10,15H2,1-2H3. The molecule has 0 saturated carbocycles. The van der Waals surface area contributed by atoms with Gasteiger partial charge >= 0.3 is 0 Å². The molecule has 0 aliphatic rings. The second kappa shape index (κ2) is 5.85. The van der Waals surface area contributed by atoms with Crippen molar-refractivity contribution in [2.45, 2.75) is 31.9 Å². The van der Waals surface area contributed by atoms with Crippen LogP contribution in [-0.2, 0) is 6.42 Å². The van der Waals surface area contributed by atoms with Gasteiger partial charge in [0.25, 0.3) is 0 Å². The van der Waals surface area contributed by atoms with E-state index in [0.29, 0.717) is 12.8 Å². The maximum Gasteiger partial charge on any atom is 0.127 e. The van der Waals surface area contributed by atoms with Crippen molar-refractivity contribution >= 4 is 0 Å². The molecule has 0 aromatic heterocycles. The van der Waals surface area contributed by atoms with Crippen LogP contribution in [0.25, 0.3) is 0 Å². The van der Waals surface area contributed by atoms with Crippen LogP contribution in [0.2, 0.25) is 0 Å². The molecular formula is C13H20FNO. The molecule has 1 aromatic rings. The summed E-state index contributed by atoms with van der Waals surface area (Å²) in [4.78, 5) is 0. The van der Waals surface area contributed by atoms with Crippen molar-refractivity contribution in [3.05, 3.63) is 29.8 Å². The Bertz CT molecular complexity index is 329. The highest BCUT2D eigenvalue weighted by molar-refractivity contribution is 5.34. The Morgan fingerprint density at radius 1 is 1.38 bits per heavy atom. The number of hydrogen-bond acceptors (Lipinski definition) is 2. The van der Waals surface area contributed by atoms with Gasteiger partial charge in [0.1, 0.15) is 11.4 Å². The van der Waals surface area contributed by atoms with Crippen LogP contribution < -0.4 is 10.5 Å². The topological polar surface area (TPSA) is 35.2 Å². The molecule has 90 valence electrons. The molecule has 0 radical (unpaired) electrons. The van der Waals surface area contributed by atoms with Crippen LogP contribution in [0.3, 0.4) is 0 Å². The number of methoxy groups -OCH3 is 1.